The number of ether oxygens (including phenoxy) is 1. The van der Waals surface area contributed by atoms with E-state index in [1.165, 1.54) is 0 Å². The van der Waals surface area contributed by atoms with Gasteiger partial charge in [0.1, 0.15) is 5.75 Å². The fourth-order valence-electron chi connectivity index (χ4n) is 3.24. The van der Waals surface area contributed by atoms with Crippen molar-refractivity contribution in [2.45, 2.75) is 12.8 Å². The Kier molecular flexibility index (Phi) is 6.74. The van der Waals surface area contributed by atoms with Crippen LogP contribution in [0.5, 0.6) is 5.75 Å². The standard InChI is InChI=1S/C21H26BrN3O2/c1-24-11-13-25(14-12-24)19-6-4-3-5-18(19)23-21(26)10-8-16-7-9-20(27-2)17(22)15-16/h3-7,9,15H,8,10-14H2,1-2H3,(H,23,26). The van der Waals surface area contributed by atoms with Crippen molar-refractivity contribution in [2.24, 2.45) is 0 Å². The Bertz CT molecular complexity index is 789. The van der Waals surface area contributed by atoms with E-state index in [-0.39, 0.29) is 5.91 Å². The van der Waals surface area contributed by atoms with Crippen molar-refractivity contribution in [3.63, 3.8) is 0 Å². The Morgan fingerprint density at radius 1 is 1.15 bits per heavy atom. The molecule has 1 N–H and O–H groups in total. The van der Waals surface area contributed by atoms with Gasteiger partial charge in [-0.2, -0.15) is 0 Å². The summed E-state index contributed by atoms with van der Waals surface area (Å²) >= 11 is 3.49. The first-order valence-corrected chi connectivity index (χ1v) is 10.0. The number of hydrogen-bond donors (Lipinski definition) is 1. The lowest BCUT2D eigenvalue weighted by molar-refractivity contribution is -0.116. The molecular formula is C21H26BrN3O2. The van der Waals surface area contributed by atoms with Crippen LogP contribution in [0.1, 0.15) is 12.0 Å². The van der Waals surface area contributed by atoms with Crippen molar-refractivity contribution in [3.05, 3.63) is 52.5 Å². The van der Waals surface area contributed by atoms with E-state index in [1.807, 2.05) is 36.4 Å². The number of methoxy groups -OCH3 is 1. The van der Waals surface area contributed by atoms with Crippen LogP contribution in [0.25, 0.3) is 0 Å². The molecule has 5 nitrogen and oxygen atoms in total. The number of amides is 1. The molecule has 144 valence electrons. The minimum atomic E-state index is 0.0310. The fourth-order valence-corrected chi connectivity index (χ4v) is 3.83. The van der Waals surface area contributed by atoms with Crippen LogP contribution in [-0.4, -0.2) is 51.1 Å². The van der Waals surface area contributed by atoms with E-state index in [9.17, 15) is 4.79 Å². The summed E-state index contributed by atoms with van der Waals surface area (Å²) in [6.45, 7) is 4.02. The summed E-state index contributed by atoms with van der Waals surface area (Å²) in [6.07, 6.45) is 1.13. The number of halogens is 1. The van der Waals surface area contributed by atoms with Crippen molar-refractivity contribution in [1.29, 1.82) is 0 Å². The van der Waals surface area contributed by atoms with Crippen LogP contribution in [-0.2, 0) is 11.2 Å². The number of hydrogen-bond acceptors (Lipinski definition) is 4. The van der Waals surface area contributed by atoms with Gasteiger partial charge in [0.15, 0.2) is 0 Å². The Labute approximate surface area is 169 Å². The normalized spacial score (nSPS) is 14.9. The monoisotopic (exact) mass is 431 g/mol. The predicted octanol–water partition coefficient (Wildman–Crippen LogP) is 3.78. The zero-order valence-electron chi connectivity index (χ0n) is 15.9. The van der Waals surface area contributed by atoms with Crippen molar-refractivity contribution in [2.75, 3.05) is 50.6 Å². The molecule has 1 amide bonds. The topological polar surface area (TPSA) is 44.8 Å². The molecule has 1 aliphatic rings. The Morgan fingerprint density at radius 2 is 1.89 bits per heavy atom. The highest BCUT2D eigenvalue weighted by atomic mass is 79.9. The lowest BCUT2D eigenvalue weighted by Gasteiger charge is -2.35. The molecule has 0 unspecified atom stereocenters. The molecule has 6 heteroatoms. The second kappa shape index (κ2) is 9.24. The summed E-state index contributed by atoms with van der Waals surface area (Å²) in [5, 5.41) is 3.10. The summed E-state index contributed by atoms with van der Waals surface area (Å²) in [7, 11) is 3.79. The van der Waals surface area contributed by atoms with Gasteiger partial charge in [0.05, 0.1) is 23.0 Å². The number of piperazine rings is 1. The molecule has 1 saturated heterocycles. The number of carbonyl (C=O) groups excluding carboxylic acids is 1. The van der Waals surface area contributed by atoms with E-state index < -0.39 is 0 Å². The zero-order valence-corrected chi connectivity index (χ0v) is 17.5. The largest absolute Gasteiger partial charge is 0.496 e. The SMILES string of the molecule is COc1ccc(CCC(=O)Nc2ccccc2N2CCN(C)CC2)cc1Br. The van der Waals surface area contributed by atoms with Crippen LogP contribution < -0.4 is 15.0 Å². The third kappa shape index (κ3) is 5.23. The van der Waals surface area contributed by atoms with Crippen LogP contribution in [0, 0.1) is 0 Å². The Hall–Kier alpha value is -2.05. The molecule has 1 fully saturated rings. The van der Waals surface area contributed by atoms with Crippen LogP contribution in [0.4, 0.5) is 11.4 Å². The highest BCUT2D eigenvalue weighted by Crippen LogP contribution is 2.28. The smallest absolute Gasteiger partial charge is 0.224 e. The maximum atomic E-state index is 12.5. The highest BCUT2D eigenvalue weighted by Gasteiger charge is 2.17. The van der Waals surface area contributed by atoms with Gasteiger partial charge < -0.3 is 19.9 Å². The summed E-state index contributed by atoms with van der Waals surface area (Å²) in [5.74, 6) is 0.827. The van der Waals surface area contributed by atoms with Crippen molar-refractivity contribution in [3.8, 4) is 5.75 Å². The van der Waals surface area contributed by atoms with E-state index in [1.54, 1.807) is 7.11 Å². The predicted molar refractivity (Wildman–Crippen MR) is 114 cm³/mol. The molecule has 1 heterocycles. The summed E-state index contributed by atoms with van der Waals surface area (Å²) < 4.78 is 6.15. The van der Waals surface area contributed by atoms with Crippen molar-refractivity contribution < 1.29 is 9.53 Å². The van der Waals surface area contributed by atoms with E-state index >= 15 is 0 Å². The van der Waals surface area contributed by atoms with Gasteiger partial charge in [0.2, 0.25) is 5.91 Å². The summed E-state index contributed by atoms with van der Waals surface area (Å²) in [6, 6.07) is 14.0. The van der Waals surface area contributed by atoms with Gasteiger partial charge in [0.25, 0.3) is 0 Å². The lowest BCUT2D eigenvalue weighted by Crippen LogP contribution is -2.44. The third-order valence-corrected chi connectivity index (χ3v) is 5.50. The maximum absolute atomic E-state index is 12.5. The van der Waals surface area contributed by atoms with E-state index in [2.05, 4.69) is 44.2 Å². The molecule has 2 aromatic rings. The number of anilines is 2. The molecule has 27 heavy (non-hydrogen) atoms. The molecule has 0 bridgehead atoms. The number of benzene rings is 2. The molecule has 3 rings (SSSR count). The van der Waals surface area contributed by atoms with Crippen molar-refractivity contribution >= 4 is 33.2 Å². The Balaban J connectivity index is 1.60. The van der Waals surface area contributed by atoms with Crippen LogP contribution in [0.3, 0.4) is 0 Å². The van der Waals surface area contributed by atoms with E-state index in [4.69, 9.17) is 4.74 Å². The van der Waals surface area contributed by atoms with E-state index in [0.717, 1.165) is 53.3 Å². The minimum Gasteiger partial charge on any atom is -0.496 e. The van der Waals surface area contributed by atoms with Gasteiger partial charge in [-0.05, 0) is 59.2 Å². The average molecular weight is 432 g/mol. The maximum Gasteiger partial charge on any atom is 0.224 e. The quantitative estimate of drug-likeness (QED) is 0.755. The van der Waals surface area contributed by atoms with E-state index in [0.29, 0.717) is 12.8 Å². The number of nitrogens with one attached hydrogen (secondary N) is 1. The Morgan fingerprint density at radius 3 is 2.59 bits per heavy atom. The van der Waals surface area contributed by atoms with Gasteiger partial charge in [-0.15, -0.1) is 0 Å². The molecule has 0 aromatic heterocycles. The van der Waals surface area contributed by atoms with Crippen molar-refractivity contribution in [1.82, 2.24) is 4.90 Å². The van der Waals surface area contributed by atoms with Gasteiger partial charge in [-0.3, -0.25) is 4.79 Å². The summed E-state index contributed by atoms with van der Waals surface area (Å²) in [4.78, 5) is 17.2. The van der Waals surface area contributed by atoms with Gasteiger partial charge in [-0.1, -0.05) is 18.2 Å². The summed E-state index contributed by atoms with van der Waals surface area (Å²) in [5.41, 5.74) is 3.10. The number of rotatable bonds is 6. The molecule has 0 radical (unpaired) electrons. The molecule has 0 atom stereocenters. The molecular weight excluding hydrogens is 406 g/mol. The number of carbonyl (C=O) groups is 1. The average Bonchev–Trinajstić information content (AvgIpc) is 2.68. The van der Waals surface area contributed by atoms with Gasteiger partial charge in [0, 0.05) is 32.6 Å². The number of likely N-dealkylation sites (N-methyl/N-ethyl adjacent to an activating group) is 1. The highest BCUT2D eigenvalue weighted by molar-refractivity contribution is 9.10. The first kappa shape index (κ1) is 19.7. The van der Waals surface area contributed by atoms with Gasteiger partial charge in [-0.25, -0.2) is 0 Å². The molecule has 2 aromatic carbocycles. The van der Waals surface area contributed by atoms with Crippen LogP contribution in [0.2, 0.25) is 0 Å². The molecule has 0 spiro atoms. The molecule has 0 saturated carbocycles. The second-order valence-electron chi connectivity index (χ2n) is 6.82. The van der Waals surface area contributed by atoms with Crippen LogP contribution >= 0.6 is 15.9 Å². The first-order valence-electron chi connectivity index (χ1n) is 9.21. The minimum absolute atomic E-state index is 0.0310. The fraction of sp³-hybridized carbons (Fsp3) is 0.381. The lowest BCUT2D eigenvalue weighted by atomic mass is 10.1. The molecule has 0 aliphatic carbocycles. The second-order valence-corrected chi connectivity index (χ2v) is 7.68. The number of para-hydroxylation sites is 2. The molecule has 1 aliphatic heterocycles. The number of aryl methyl sites for hydroxylation is 1. The third-order valence-electron chi connectivity index (χ3n) is 4.88. The van der Waals surface area contributed by atoms with Crippen LogP contribution in [0.15, 0.2) is 46.9 Å². The zero-order chi connectivity index (χ0) is 19.2. The number of nitrogens with zero attached hydrogens (tertiary/aromatic N) is 2. The van der Waals surface area contributed by atoms with Gasteiger partial charge >= 0.3 is 0 Å². The first-order chi connectivity index (χ1) is 13.1.